The normalized spacial score (nSPS) is 25.6. The molecular formula is C16H20N2O2. The molecule has 4 heteroatoms. The van der Waals surface area contributed by atoms with Crippen LogP contribution in [-0.4, -0.2) is 28.8 Å². The van der Waals surface area contributed by atoms with Crippen molar-refractivity contribution in [2.24, 2.45) is 0 Å². The van der Waals surface area contributed by atoms with Crippen LogP contribution in [0.5, 0.6) is 0 Å². The van der Waals surface area contributed by atoms with E-state index >= 15 is 0 Å². The van der Waals surface area contributed by atoms with Gasteiger partial charge in [0.15, 0.2) is 0 Å². The van der Waals surface area contributed by atoms with Crippen LogP contribution in [0, 0.1) is 0 Å². The smallest absolute Gasteiger partial charge is 0.250 e. The molecule has 1 atom stereocenters. The third-order valence-corrected chi connectivity index (χ3v) is 4.60. The minimum Gasteiger partial charge on any atom is -0.340 e. The van der Waals surface area contributed by atoms with E-state index in [1.807, 2.05) is 35.2 Å². The summed E-state index contributed by atoms with van der Waals surface area (Å²) in [6.07, 6.45) is 3.63. The van der Waals surface area contributed by atoms with Gasteiger partial charge >= 0.3 is 0 Å². The van der Waals surface area contributed by atoms with E-state index in [1.54, 1.807) is 0 Å². The number of carbonyl (C=O) groups is 2. The van der Waals surface area contributed by atoms with Crippen molar-refractivity contribution in [3.8, 4) is 0 Å². The second-order valence-corrected chi connectivity index (χ2v) is 6.00. The minimum atomic E-state index is -0.538. The van der Waals surface area contributed by atoms with E-state index in [1.165, 1.54) is 0 Å². The molecule has 2 amide bonds. The van der Waals surface area contributed by atoms with Crippen molar-refractivity contribution in [1.82, 2.24) is 10.2 Å². The first-order chi connectivity index (χ1) is 9.60. The first-order valence-electron chi connectivity index (χ1n) is 7.26. The van der Waals surface area contributed by atoms with Crippen molar-refractivity contribution in [3.63, 3.8) is 0 Å². The molecule has 1 saturated heterocycles. The number of rotatable bonds is 2. The highest BCUT2D eigenvalue weighted by molar-refractivity contribution is 5.91. The van der Waals surface area contributed by atoms with Gasteiger partial charge < -0.3 is 10.2 Å². The summed E-state index contributed by atoms with van der Waals surface area (Å²) in [5, 5.41) is 2.87. The van der Waals surface area contributed by atoms with Gasteiger partial charge in [-0.3, -0.25) is 9.59 Å². The Morgan fingerprint density at radius 2 is 1.90 bits per heavy atom. The number of nitrogens with one attached hydrogen (secondary N) is 1. The maximum Gasteiger partial charge on any atom is 0.250 e. The van der Waals surface area contributed by atoms with Crippen LogP contribution in [0.25, 0.3) is 0 Å². The Hall–Kier alpha value is -1.84. The van der Waals surface area contributed by atoms with Crippen LogP contribution in [0.3, 0.4) is 0 Å². The number of hydrogen-bond donors (Lipinski definition) is 1. The molecule has 4 nitrogen and oxygen atoms in total. The van der Waals surface area contributed by atoms with Gasteiger partial charge in [0.05, 0.1) is 0 Å². The number of benzene rings is 1. The molecule has 1 aliphatic heterocycles. The Morgan fingerprint density at radius 1 is 1.20 bits per heavy atom. The minimum absolute atomic E-state index is 0.0317. The number of amides is 2. The van der Waals surface area contributed by atoms with Gasteiger partial charge in [-0.05, 0) is 31.7 Å². The zero-order chi connectivity index (χ0) is 14.2. The topological polar surface area (TPSA) is 49.4 Å². The highest BCUT2D eigenvalue weighted by atomic mass is 16.2. The molecular weight excluding hydrogens is 252 g/mol. The average molecular weight is 272 g/mol. The lowest BCUT2D eigenvalue weighted by atomic mass is 9.76. The first-order valence-corrected chi connectivity index (χ1v) is 7.26. The SMILES string of the molecule is CC1(N2CCC(=O)NC(c3ccccc3)C2=O)CCC1. The van der Waals surface area contributed by atoms with Crippen LogP contribution >= 0.6 is 0 Å². The molecule has 1 aromatic carbocycles. The average Bonchev–Trinajstić information content (AvgIpc) is 2.57. The van der Waals surface area contributed by atoms with Gasteiger partial charge in [-0.2, -0.15) is 0 Å². The molecule has 1 aromatic rings. The zero-order valence-electron chi connectivity index (χ0n) is 11.8. The molecule has 1 saturated carbocycles. The third kappa shape index (κ3) is 2.19. The maximum absolute atomic E-state index is 12.8. The predicted octanol–water partition coefficient (Wildman–Crippen LogP) is 2.02. The lowest BCUT2D eigenvalue weighted by molar-refractivity contribution is -0.142. The lowest BCUT2D eigenvalue weighted by Gasteiger charge is -2.48. The molecule has 2 fully saturated rings. The second-order valence-electron chi connectivity index (χ2n) is 6.00. The van der Waals surface area contributed by atoms with Crippen molar-refractivity contribution < 1.29 is 9.59 Å². The predicted molar refractivity (Wildman–Crippen MR) is 75.9 cm³/mol. The summed E-state index contributed by atoms with van der Waals surface area (Å²) < 4.78 is 0. The van der Waals surface area contributed by atoms with Gasteiger partial charge in [0.2, 0.25) is 11.8 Å². The van der Waals surface area contributed by atoms with E-state index in [2.05, 4.69) is 12.2 Å². The Kier molecular flexibility index (Phi) is 3.24. The number of carbonyl (C=O) groups excluding carboxylic acids is 2. The van der Waals surface area contributed by atoms with Gasteiger partial charge in [-0.25, -0.2) is 0 Å². The van der Waals surface area contributed by atoms with Crippen molar-refractivity contribution in [3.05, 3.63) is 35.9 Å². The quantitative estimate of drug-likeness (QED) is 0.895. The fourth-order valence-electron chi connectivity index (χ4n) is 3.14. The monoisotopic (exact) mass is 272 g/mol. The molecule has 0 aromatic heterocycles. The van der Waals surface area contributed by atoms with E-state index < -0.39 is 6.04 Å². The highest BCUT2D eigenvalue weighted by Gasteiger charge is 2.44. The Balaban J connectivity index is 1.92. The fraction of sp³-hybridized carbons (Fsp3) is 0.500. The summed E-state index contributed by atoms with van der Waals surface area (Å²) in [6, 6.07) is 8.97. The van der Waals surface area contributed by atoms with Crippen molar-refractivity contribution in [1.29, 1.82) is 0 Å². The zero-order valence-corrected chi connectivity index (χ0v) is 11.8. The molecule has 0 bridgehead atoms. The Bertz CT molecular complexity index is 523. The van der Waals surface area contributed by atoms with Gasteiger partial charge in [0.1, 0.15) is 6.04 Å². The van der Waals surface area contributed by atoms with Crippen LogP contribution < -0.4 is 5.32 Å². The molecule has 0 spiro atoms. The van der Waals surface area contributed by atoms with Crippen LogP contribution in [0.1, 0.15) is 44.2 Å². The maximum atomic E-state index is 12.8. The summed E-state index contributed by atoms with van der Waals surface area (Å²) in [5.74, 6) is -0.0122. The number of hydrogen-bond acceptors (Lipinski definition) is 2. The van der Waals surface area contributed by atoms with E-state index in [9.17, 15) is 9.59 Å². The highest BCUT2D eigenvalue weighted by Crippen LogP contribution is 2.39. The Labute approximate surface area is 119 Å². The van der Waals surface area contributed by atoms with E-state index in [0.717, 1.165) is 24.8 Å². The molecule has 20 heavy (non-hydrogen) atoms. The van der Waals surface area contributed by atoms with Gasteiger partial charge in [0, 0.05) is 18.5 Å². The van der Waals surface area contributed by atoms with Crippen LogP contribution in [-0.2, 0) is 9.59 Å². The molecule has 1 unspecified atom stereocenters. The Morgan fingerprint density at radius 3 is 2.50 bits per heavy atom. The van der Waals surface area contributed by atoms with Gasteiger partial charge in [-0.1, -0.05) is 30.3 Å². The van der Waals surface area contributed by atoms with Gasteiger partial charge in [0.25, 0.3) is 0 Å². The summed E-state index contributed by atoms with van der Waals surface area (Å²) >= 11 is 0. The molecule has 1 N–H and O–H groups in total. The van der Waals surface area contributed by atoms with Crippen molar-refractivity contribution in [2.75, 3.05) is 6.54 Å². The fourth-order valence-corrected chi connectivity index (χ4v) is 3.14. The summed E-state index contributed by atoms with van der Waals surface area (Å²) in [4.78, 5) is 26.7. The van der Waals surface area contributed by atoms with E-state index in [0.29, 0.717) is 13.0 Å². The molecule has 1 aliphatic carbocycles. The molecule has 3 rings (SSSR count). The lowest BCUT2D eigenvalue weighted by Crippen LogP contribution is -2.55. The van der Waals surface area contributed by atoms with Crippen molar-refractivity contribution >= 4 is 11.8 Å². The molecule has 0 radical (unpaired) electrons. The van der Waals surface area contributed by atoms with E-state index in [-0.39, 0.29) is 17.4 Å². The standard InChI is InChI=1S/C16H20N2O2/c1-16(9-5-10-16)18-11-8-13(19)17-14(15(18)20)12-6-3-2-4-7-12/h2-4,6-7,14H,5,8-11H2,1H3,(H,17,19). The number of nitrogens with zero attached hydrogens (tertiary/aromatic N) is 1. The van der Waals surface area contributed by atoms with E-state index in [4.69, 9.17) is 0 Å². The molecule has 106 valence electrons. The summed E-state index contributed by atoms with van der Waals surface area (Å²) in [7, 11) is 0. The largest absolute Gasteiger partial charge is 0.340 e. The van der Waals surface area contributed by atoms with Gasteiger partial charge in [-0.15, -0.1) is 0 Å². The molecule has 2 aliphatic rings. The van der Waals surface area contributed by atoms with Crippen molar-refractivity contribution in [2.45, 2.75) is 44.2 Å². The first kappa shape index (κ1) is 13.2. The summed E-state index contributed by atoms with van der Waals surface area (Å²) in [5.41, 5.74) is 0.803. The van der Waals surface area contributed by atoms with Crippen LogP contribution in [0.4, 0.5) is 0 Å². The third-order valence-electron chi connectivity index (χ3n) is 4.60. The molecule has 1 heterocycles. The summed E-state index contributed by atoms with van der Waals surface area (Å²) in [6.45, 7) is 2.66. The second kappa shape index (κ2) is 4.93. The van der Waals surface area contributed by atoms with Crippen LogP contribution in [0.15, 0.2) is 30.3 Å². The van der Waals surface area contributed by atoms with Crippen LogP contribution in [0.2, 0.25) is 0 Å².